The number of hydrazone groups is 1. The summed E-state index contributed by atoms with van der Waals surface area (Å²) in [4.78, 5) is 15.7. The minimum Gasteiger partial charge on any atom is -0.465 e. The lowest BCUT2D eigenvalue weighted by Crippen LogP contribution is -2.12. The van der Waals surface area contributed by atoms with Crippen LogP contribution in [0.1, 0.15) is 27.0 Å². The van der Waals surface area contributed by atoms with Gasteiger partial charge in [0.15, 0.2) is 11.6 Å². The highest BCUT2D eigenvalue weighted by Gasteiger charge is 2.23. The Morgan fingerprint density at radius 1 is 1.00 bits per heavy atom. The number of halogens is 3. The Balaban J connectivity index is 1.88. The van der Waals surface area contributed by atoms with E-state index in [9.17, 15) is 18.0 Å². The first-order valence-electron chi connectivity index (χ1n) is 9.45. The first-order chi connectivity index (χ1) is 15.3. The third-order valence-electron chi connectivity index (χ3n) is 4.47. The number of carbonyl (C=O) groups excluding carboxylic acids is 1. The predicted octanol–water partition coefficient (Wildman–Crippen LogP) is 5.88. The highest BCUT2D eigenvalue weighted by molar-refractivity contribution is 7.97. The second-order valence-electron chi connectivity index (χ2n) is 6.88. The van der Waals surface area contributed by atoms with E-state index < -0.39 is 29.1 Å². The van der Waals surface area contributed by atoms with Gasteiger partial charge in [0, 0.05) is 22.4 Å². The number of ether oxygens (including phenoxy) is 1. The van der Waals surface area contributed by atoms with Crippen molar-refractivity contribution in [1.82, 2.24) is 4.83 Å². The average Bonchev–Trinajstić information content (AvgIpc) is 2.78. The van der Waals surface area contributed by atoms with Crippen LogP contribution in [0.2, 0.25) is 0 Å². The van der Waals surface area contributed by atoms with Gasteiger partial charge in [0.25, 0.3) is 0 Å². The summed E-state index contributed by atoms with van der Waals surface area (Å²) in [5.41, 5.74) is 0.516. The van der Waals surface area contributed by atoms with E-state index in [1.54, 1.807) is 13.0 Å². The third-order valence-corrected chi connectivity index (χ3v) is 5.17. The Labute approximate surface area is 187 Å². The molecule has 3 rings (SSSR count). The predicted molar refractivity (Wildman–Crippen MR) is 120 cm³/mol. The first-order valence-corrected chi connectivity index (χ1v) is 10.3. The van der Waals surface area contributed by atoms with E-state index in [4.69, 9.17) is 0 Å². The largest absolute Gasteiger partial charge is 0.465 e. The molecule has 9 heteroatoms. The maximum atomic E-state index is 14.9. The smallest absolute Gasteiger partial charge is 0.340 e. The fourth-order valence-corrected chi connectivity index (χ4v) is 3.25. The standard InChI is InChI=1S/C23H20F3N3O2S/c1-13-4-7-16(8-5-13)32-29-27-12-15-11-17(23(30)31-3)22(21(26)20(15)25)28-19-9-6-14(2)10-18(19)24/h4-12,28-29H,1-3H3/b27-12+. The molecule has 0 saturated heterocycles. The van der Waals surface area contributed by atoms with Crippen LogP contribution < -0.4 is 10.1 Å². The zero-order chi connectivity index (χ0) is 23.3. The van der Waals surface area contributed by atoms with Crippen LogP contribution in [0.5, 0.6) is 0 Å². The van der Waals surface area contributed by atoms with Gasteiger partial charge in [-0.1, -0.05) is 23.8 Å². The second kappa shape index (κ2) is 10.2. The molecular weight excluding hydrogens is 439 g/mol. The number of hydrogen-bond donors (Lipinski definition) is 2. The summed E-state index contributed by atoms with van der Waals surface area (Å²) >= 11 is 1.17. The van der Waals surface area contributed by atoms with E-state index in [1.165, 1.54) is 24.1 Å². The molecule has 0 aliphatic heterocycles. The van der Waals surface area contributed by atoms with Crippen molar-refractivity contribution >= 4 is 35.5 Å². The molecule has 0 aromatic heterocycles. The molecule has 166 valence electrons. The molecule has 3 aromatic carbocycles. The fourth-order valence-electron chi connectivity index (χ4n) is 2.77. The molecule has 32 heavy (non-hydrogen) atoms. The minimum atomic E-state index is -1.36. The molecule has 0 saturated carbocycles. The van der Waals surface area contributed by atoms with Crippen molar-refractivity contribution in [2.45, 2.75) is 18.7 Å². The van der Waals surface area contributed by atoms with Gasteiger partial charge in [-0.15, -0.1) is 0 Å². The average molecular weight is 459 g/mol. The molecule has 0 radical (unpaired) electrons. The van der Waals surface area contributed by atoms with Crippen LogP contribution in [0.25, 0.3) is 0 Å². The Hall–Kier alpha value is -3.46. The van der Waals surface area contributed by atoms with Gasteiger partial charge in [-0.25, -0.2) is 22.8 Å². The number of rotatable bonds is 7. The molecule has 0 aliphatic carbocycles. The maximum Gasteiger partial charge on any atom is 0.340 e. The quantitative estimate of drug-likeness (QED) is 0.200. The van der Waals surface area contributed by atoms with E-state index in [-0.39, 0.29) is 16.8 Å². The van der Waals surface area contributed by atoms with Crippen molar-refractivity contribution in [2.75, 3.05) is 12.4 Å². The molecule has 3 aromatic rings. The Bertz CT molecular complexity index is 1170. The molecule has 5 nitrogen and oxygen atoms in total. The van der Waals surface area contributed by atoms with Crippen molar-refractivity contribution < 1.29 is 22.7 Å². The summed E-state index contributed by atoms with van der Waals surface area (Å²) in [6, 6.07) is 12.9. The molecule has 0 spiro atoms. The fraction of sp³-hybridized carbons (Fsp3) is 0.130. The van der Waals surface area contributed by atoms with E-state index in [0.717, 1.165) is 29.8 Å². The number of carbonyl (C=O) groups is 1. The van der Waals surface area contributed by atoms with Gasteiger partial charge < -0.3 is 10.1 Å². The van der Waals surface area contributed by atoms with E-state index in [0.29, 0.717) is 5.56 Å². The van der Waals surface area contributed by atoms with Crippen LogP contribution >= 0.6 is 11.9 Å². The summed E-state index contributed by atoms with van der Waals surface area (Å²) in [5.74, 6) is -4.21. The zero-order valence-electron chi connectivity index (χ0n) is 17.5. The third kappa shape index (κ3) is 5.42. The van der Waals surface area contributed by atoms with Crippen LogP contribution in [-0.2, 0) is 4.74 Å². The van der Waals surface area contributed by atoms with Gasteiger partial charge in [-0.05, 0) is 49.7 Å². The lowest BCUT2D eigenvalue weighted by atomic mass is 10.1. The monoisotopic (exact) mass is 459 g/mol. The molecule has 0 amide bonds. The highest BCUT2D eigenvalue weighted by Crippen LogP contribution is 2.30. The molecule has 0 bridgehead atoms. The topological polar surface area (TPSA) is 62.7 Å². The number of hydrogen-bond acceptors (Lipinski definition) is 6. The van der Waals surface area contributed by atoms with E-state index in [1.807, 2.05) is 31.2 Å². The van der Waals surface area contributed by atoms with Gasteiger partial charge in [0.1, 0.15) is 5.82 Å². The second-order valence-corrected chi connectivity index (χ2v) is 7.74. The summed E-state index contributed by atoms with van der Waals surface area (Å²) in [6.45, 7) is 3.65. The maximum absolute atomic E-state index is 14.9. The summed E-state index contributed by atoms with van der Waals surface area (Å²) in [6.07, 6.45) is 1.04. The number of nitrogens with zero attached hydrogens (tertiary/aromatic N) is 1. The summed E-state index contributed by atoms with van der Waals surface area (Å²) < 4.78 is 48.4. The Morgan fingerprint density at radius 2 is 1.69 bits per heavy atom. The molecule has 2 N–H and O–H groups in total. The number of benzene rings is 3. The van der Waals surface area contributed by atoms with Crippen LogP contribution in [0.4, 0.5) is 24.5 Å². The van der Waals surface area contributed by atoms with E-state index in [2.05, 4.69) is 20.0 Å². The SMILES string of the molecule is COC(=O)c1cc(/C=N/NSc2ccc(C)cc2)c(F)c(F)c1Nc1ccc(C)cc1F. The van der Waals surface area contributed by atoms with Crippen LogP contribution in [0.3, 0.4) is 0 Å². The number of methoxy groups -OCH3 is 1. The molecule has 0 fully saturated rings. The molecule has 0 unspecified atom stereocenters. The molecule has 0 heterocycles. The Morgan fingerprint density at radius 3 is 2.34 bits per heavy atom. The molecule has 0 atom stereocenters. The minimum absolute atomic E-state index is 0.114. The number of anilines is 2. The van der Waals surface area contributed by atoms with Gasteiger partial charge >= 0.3 is 5.97 Å². The normalized spacial score (nSPS) is 10.9. The van der Waals surface area contributed by atoms with Crippen molar-refractivity contribution in [3.05, 3.63) is 88.2 Å². The van der Waals surface area contributed by atoms with Crippen LogP contribution in [0, 0.1) is 31.3 Å². The van der Waals surface area contributed by atoms with E-state index >= 15 is 0 Å². The molecular formula is C23H20F3N3O2S. The van der Waals surface area contributed by atoms with Crippen LogP contribution in [-0.4, -0.2) is 19.3 Å². The summed E-state index contributed by atoms with van der Waals surface area (Å²) in [5, 5.41) is 6.33. The first kappa shape index (κ1) is 23.2. The van der Waals surface area contributed by atoms with Gasteiger partial charge in [-0.3, -0.25) is 0 Å². The number of nitrogens with one attached hydrogen (secondary N) is 2. The number of aryl methyl sites for hydroxylation is 2. The Kier molecular flexibility index (Phi) is 7.42. The lowest BCUT2D eigenvalue weighted by molar-refractivity contribution is 0.0601. The van der Waals surface area contributed by atoms with Gasteiger partial charge in [-0.2, -0.15) is 5.10 Å². The van der Waals surface area contributed by atoms with Crippen molar-refractivity contribution in [3.8, 4) is 0 Å². The lowest BCUT2D eigenvalue weighted by Gasteiger charge is -2.14. The number of esters is 1. The van der Waals surface area contributed by atoms with Crippen molar-refractivity contribution in [1.29, 1.82) is 0 Å². The zero-order valence-corrected chi connectivity index (χ0v) is 18.3. The molecule has 0 aliphatic rings. The summed E-state index contributed by atoms with van der Waals surface area (Å²) in [7, 11) is 1.10. The van der Waals surface area contributed by atoms with Crippen LogP contribution in [0.15, 0.2) is 58.5 Å². The van der Waals surface area contributed by atoms with Gasteiger partial charge in [0.2, 0.25) is 0 Å². The highest BCUT2D eigenvalue weighted by atomic mass is 32.2. The van der Waals surface area contributed by atoms with Crippen molar-refractivity contribution in [3.63, 3.8) is 0 Å². The van der Waals surface area contributed by atoms with Crippen molar-refractivity contribution in [2.24, 2.45) is 5.10 Å². The van der Waals surface area contributed by atoms with Gasteiger partial charge in [0.05, 0.1) is 30.3 Å².